The third-order valence-electron chi connectivity index (χ3n) is 5.39. The van der Waals surface area contributed by atoms with Gasteiger partial charge >= 0.3 is 0 Å². The number of hydrogen-bond acceptors (Lipinski definition) is 7. The van der Waals surface area contributed by atoms with Gasteiger partial charge in [0.15, 0.2) is 11.5 Å². The van der Waals surface area contributed by atoms with E-state index in [0.29, 0.717) is 18.8 Å². The normalized spacial score (nSPS) is 16.7. The van der Waals surface area contributed by atoms with Crippen LogP contribution in [0.1, 0.15) is 48.7 Å². The zero-order valence-electron chi connectivity index (χ0n) is 17.7. The first-order chi connectivity index (χ1) is 15.2. The topological polar surface area (TPSA) is 118 Å². The van der Waals surface area contributed by atoms with E-state index in [0.717, 1.165) is 18.6 Å². The fourth-order valence-electron chi connectivity index (χ4n) is 3.72. The van der Waals surface area contributed by atoms with Crippen molar-refractivity contribution in [3.63, 3.8) is 0 Å². The minimum absolute atomic E-state index is 0.00766. The van der Waals surface area contributed by atoms with Gasteiger partial charge in [0.1, 0.15) is 28.6 Å². The molecule has 11 heteroatoms. The second-order valence-electron chi connectivity index (χ2n) is 8.28. The summed E-state index contributed by atoms with van der Waals surface area (Å²) in [4.78, 5) is 24.4. The summed E-state index contributed by atoms with van der Waals surface area (Å²) in [7, 11) is 0. The molecule has 170 valence electrons. The molecule has 1 atom stereocenters. The molecule has 1 aromatic carbocycles. The van der Waals surface area contributed by atoms with Crippen LogP contribution < -0.4 is 16.1 Å². The molecule has 0 spiro atoms. The van der Waals surface area contributed by atoms with Crippen molar-refractivity contribution in [1.29, 1.82) is 0 Å². The number of nitrogens with one attached hydrogen (secondary N) is 1. The molecule has 1 amide bonds. The van der Waals surface area contributed by atoms with Crippen LogP contribution in [0.4, 0.5) is 20.4 Å². The lowest BCUT2D eigenvalue weighted by molar-refractivity contribution is -0.0955. The Bertz CT molecular complexity index is 1170. The number of rotatable bonds is 6. The summed E-state index contributed by atoms with van der Waals surface area (Å²) in [6.07, 6.45) is 3.00. The van der Waals surface area contributed by atoms with Gasteiger partial charge in [0, 0.05) is 18.3 Å². The predicted molar refractivity (Wildman–Crippen MR) is 113 cm³/mol. The Labute approximate surface area is 182 Å². The van der Waals surface area contributed by atoms with E-state index >= 15 is 0 Å². The number of hydrogen-bond donors (Lipinski definition) is 3. The Morgan fingerprint density at radius 2 is 2.16 bits per heavy atom. The van der Waals surface area contributed by atoms with Crippen molar-refractivity contribution in [2.75, 3.05) is 23.8 Å². The molecule has 0 aliphatic carbocycles. The summed E-state index contributed by atoms with van der Waals surface area (Å²) in [5.74, 6) is -1.23. The number of aromatic nitrogens is 3. The van der Waals surface area contributed by atoms with Crippen molar-refractivity contribution >= 4 is 23.2 Å². The van der Waals surface area contributed by atoms with Gasteiger partial charge in [-0.3, -0.25) is 9.63 Å². The summed E-state index contributed by atoms with van der Waals surface area (Å²) in [6.45, 7) is 3.47. The Balaban J connectivity index is 1.68. The average molecular weight is 446 g/mol. The SMILES string of the molecule is CC(C)(CO)ONC(=O)c1c(N)nn2ccc(N3CCC[C@@H]3c3cc(F)ccc3F)nc12. The second-order valence-corrected chi connectivity index (χ2v) is 8.28. The molecular formula is C21H24F2N6O3. The summed E-state index contributed by atoms with van der Waals surface area (Å²) in [5, 5.41) is 13.4. The van der Waals surface area contributed by atoms with E-state index in [1.807, 2.05) is 4.90 Å². The van der Waals surface area contributed by atoms with Crippen LogP contribution in [-0.4, -0.2) is 44.4 Å². The maximum atomic E-state index is 14.4. The minimum atomic E-state index is -0.996. The summed E-state index contributed by atoms with van der Waals surface area (Å²) >= 11 is 0. The van der Waals surface area contributed by atoms with Crippen molar-refractivity contribution in [3.05, 3.63) is 53.2 Å². The molecule has 4 rings (SSSR count). The smallest absolute Gasteiger partial charge is 0.282 e. The quantitative estimate of drug-likeness (QED) is 0.498. The standard InChI is InChI=1S/C21H24F2N6O3/c1-21(2,11-30)32-27-20(31)17-18(24)26-29-9-7-16(25-19(17)29)28-8-3-4-15(28)13-10-12(22)5-6-14(13)23/h5-7,9-10,15,30H,3-4,8,11H2,1-2H3,(H2,24,26)(H,27,31)/t15-/m1/s1. The Kier molecular flexibility index (Phi) is 5.70. The van der Waals surface area contributed by atoms with Crippen molar-refractivity contribution < 1.29 is 23.5 Å². The third-order valence-corrected chi connectivity index (χ3v) is 5.39. The van der Waals surface area contributed by atoms with Gasteiger partial charge in [-0.1, -0.05) is 0 Å². The fraction of sp³-hybridized carbons (Fsp3) is 0.381. The van der Waals surface area contributed by atoms with E-state index in [9.17, 15) is 18.7 Å². The maximum Gasteiger partial charge on any atom is 0.282 e. The number of hydroxylamine groups is 1. The molecule has 1 aliphatic rings. The van der Waals surface area contributed by atoms with Crippen LogP contribution in [0.15, 0.2) is 30.5 Å². The van der Waals surface area contributed by atoms with Crippen LogP contribution in [0.2, 0.25) is 0 Å². The van der Waals surface area contributed by atoms with Crippen LogP contribution >= 0.6 is 0 Å². The van der Waals surface area contributed by atoms with Crippen LogP contribution in [0.5, 0.6) is 0 Å². The van der Waals surface area contributed by atoms with Gasteiger partial charge in [-0.2, -0.15) is 0 Å². The zero-order valence-corrected chi connectivity index (χ0v) is 17.7. The number of nitrogens with two attached hydrogens (primary N) is 1. The molecule has 1 fully saturated rings. The van der Waals surface area contributed by atoms with E-state index in [1.54, 1.807) is 26.1 Å². The van der Waals surface area contributed by atoms with Crippen LogP contribution in [0.25, 0.3) is 5.65 Å². The van der Waals surface area contributed by atoms with E-state index in [2.05, 4.69) is 15.6 Å². The number of carbonyl (C=O) groups excluding carboxylic acids is 1. The Morgan fingerprint density at radius 3 is 2.91 bits per heavy atom. The highest BCUT2D eigenvalue weighted by Gasteiger charge is 2.31. The Hall–Kier alpha value is -3.31. The number of benzene rings is 1. The highest BCUT2D eigenvalue weighted by Crippen LogP contribution is 2.37. The van der Waals surface area contributed by atoms with Crippen molar-refractivity contribution in [3.8, 4) is 0 Å². The van der Waals surface area contributed by atoms with E-state index in [4.69, 9.17) is 10.6 Å². The monoisotopic (exact) mass is 446 g/mol. The molecule has 9 nitrogen and oxygen atoms in total. The lowest BCUT2D eigenvalue weighted by Gasteiger charge is -2.26. The van der Waals surface area contributed by atoms with Gasteiger partial charge in [0.2, 0.25) is 0 Å². The predicted octanol–water partition coefficient (Wildman–Crippen LogP) is 2.36. The average Bonchev–Trinajstić information content (AvgIpc) is 3.37. The van der Waals surface area contributed by atoms with Crippen LogP contribution in [-0.2, 0) is 4.84 Å². The molecule has 4 N–H and O–H groups in total. The number of aliphatic hydroxyl groups is 1. The molecule has 2 aromatic heterocycles. The highest BCUT2D eigenvalue weighted by molar-refractivity contribution is 6.03. The first-order valence-corrected chi connectivity index (χ1v) is 10.2. The molecule has 3 heterocycles. The van der Waals surface area contributed by atoms with Crippen molar-refractivity contribution in [2.45, 2.75) is 38.3 Å². The number of anilines is 2. The van der Waals surface area contributed by atoms with Gasteiger partial charge in [0.05, 0.1) is 12.6 Å². The molecule has 0 radical (unpaired) electrons. The zero-order chi connectivity index (χ0) is 23.0. The van der Waals surface area contributed by atoms with E-state index < -0.39 is 29.2 Å². The van der Waals surface area contributed by atoms with Crippen LogP contribution in [0.3, 0.4) is 0 Å². The first kappa shape index (κ1) is 21.9. The number of carbonyl (C=O) groups is 1. The molecule has 0 saturated carbocycles. The maximum absolute atomic E-state index is 14.4. The van der Waals surface area contributed by atoms with Gasteiger partial charge < -0.3 is 15.7 Å². The van der Waals surface area contributed by atoms with Gasteiger partial charge in [0.25, 0.3) is 5.91 Å². The molecule has 3 aromatic rings. The van der Waals surface area contributed by atoms with E-state index in [1.165, 1.54) is 10.6 Å². The lowest BCUT2D eigenvalue weighted by atomic mass is 10.0. The first-order valence-electron chi connectivity index (χ1n) is 10.2. The molecule has 1 aliphatic heterocycles. The van der Waals surface area contributed by atoms with Gasteiger partial charge in [-0.05, 0) is 51.0 Å². The molecular weight excluding hydrogens is 422 g/mol. The third kappa shape index (κ3) is 4.08. The lowest BCUT2D eigenvalue weighted by Crippen LogP contribution is -2.38. The molecule has 1 saturated heterocycles. The largest absolute Gasteiger partial charge is 0.393 e. The van der Waals surface area contributed by atoms with Crippen molar-refractivity contribution in [2.24, 2.45) is 0 Å². The number of halogens is 2. The number of nitrogens with zero attached hydrogens (tertiary/aromatic N) is 4. The van der Waals surface area contributed by atoms with Gasteiger partial charge in [-0.15, -0.1) is 5.10 Å². The number of nitrogen functional groups attached to an aromatic ring is 1. The van der Waals surface area contributed by atoms with Crippen LogP contribution in [0, 0.1) is 11.6 Å². The minimum Gasteiger partial charge on any atom is -0.393 e. The number of amides is 1. The van der Waals surface area contributed by atoms with Gasteiger partial charge in [-0.25, -0.2) is 23.8 Å². The second kappa shape index (κ2) is 8.32. The van der Waals surface area contributed by atoms with Crippen molar-refractivity contribution in [1.82, 2.24) is 20.1 Å². The summed E-state index contributed by atoms with van der Waals surface area (Å²) in [5.41, 5.74) is 7.67. The summed E-state index contributed by atoms with van der Waals surface area (Å²) in [6, 6.07) is 4.69. The fourth-order valence-corrected chi connectivity index (χ4v) is 3.72. The Morgan fingerprint density at radius 1 is 1.38 bits per heavy atom. The number of fused-ring (bicyclic) bond motifs is 1. The molecule has 0 bridgehead atoms. The highest BCUT2D eigenvalue weighted by atomic mass is 19.1. The van der Waals surface area contributed by atoms with E-state index in [-0.39, 0.29) is 29.2 Å². The number of aliphatic hydroxyl groups excluding tert-OH is 1. The molecule has 0 unspecified atom stereocenters. The summed E-state index contributed by atoms with van der Waals surface area (Å²) < 4.78 is 29.5. The molecule has 32 heavy (non-hydrogen) atoms.